The highest BCUT2D eigenvalue weighted by molar-refractivity contribution is 5.94. The van der Waals surface area contributed by atoms with E-state index in [0.717, 1.165) is 24.4 Å². The van der Waals surface area contributed by atoms with E-state index in [0.29, 0.717) is 18.7 Å². The first-order valence-corrected chi connectivity index (χ1v) is 12.2. The van der Waals surface area contributed by atoms with E-state index in [1.54, 1.807) is 6.26 Å². The number of unbranched alkanes of at least 4 members (excludes halogenated alkanes) is 2. The van der Waals surface area contributed by atoms with Crippen LogP contribution >= 0.6 is 0 Å². The Morgan fingerprint density at radius 3 is 2.35 bits per heavy atom. The molecule has 0 atom stereocenters. The molecule has 0 fully saturated rings. The van der Waals surface area contributed by atoms with Gasteiger partial charge in [0.15, 0.2) is 0 Å². The highest BCUT2D eigenvalue weighted by atomic mass is 16.3. The molecule has 1 amide bonds. The Morgan fingerprint density at radius 1 is 0.882 bits per heavy atom. The molecule has 0 spiro atoms. The fourth-order valence-corrected chi connectivity index (χ4v) is 4.20. The van der Waals surface area contributed by atoms with Crippen LogP contribution in [0.1, 0.15) is 64.7 Å². The Hall–Kier alpha value is -3.53. The lowest BCUT2D eigenvalue weighted by molar-refractivity contribution is 0.0713. The second-order valence-electron chi connectivity index (χ2n) is 9.01. The van der Waals surface area contributed by atoms with E-state index in [-0.39, 0.29) is 5.91 Å². The lowest BCUT2D eigenvalue weighted by Gasteiger charge is -2.23. The van der Waals surface area contributed by atoms with E-state index < -0.39 is 0 Å². The molecule has 0 aliphatic rings. The molecule has 0 aliphatic heterocycles. The van der Waals surface area contributed by atoms with Crippen LogP contribution in [0.15, 0.2) is 89.7 Å². The summed E-state index contributed by atoms with van der Waals surface area (Å²) in [6.45, 7) is 6.03. The largest absolute Gasteiger partial charge is 0.467 e. The van der Waals surface area contributed by atoms with Gasteiger partial charge in [0, 0.05) is 24.0 Å². The number of benzene rings is 2. The van der Waals surface area contributed by atoms with Crippen LogP contribution in [0.4, 0.5) is 0 Å². The summed E-state index contributed by atoms with van der Waals surface area (Å²) in [4.78, 5) is 15.4. The third-order valence-corrected chi connectivity index (χ3v) is 6.23. The standard InChI is InChI=1S/C30H34N2O2/c1-3-4-5-8-25-15-17-27(18-16-25)30(33)32(23-29-10-7-20-34-29)22-28-9-6-19-31(28)21-26-13-11-24(2)12-14-26/h6-7,9-20H,3-5,8,21-23H2,1-2H3. The van der Waals surface area contributed by atoms with E-state index >= 15 is 0 Å². The minimum absolute atomic E-state index is 0.0135. The number of nitrogens with zero attached hydrogens (tertiary/aromatic N) is 2. The number of aryl methyl sites for hydroxylation is 2. The number of aromatic nitrogens is 1. The van der Waals surface area contributed by atoms with Gasteiger partial charge in [-0.25, -0.2) is 0 Å². The number of rotatable bonds is 11. The lowest BCUT2D eigenvalue weighted by atomic mass is 10.0. The molecule has 2 aromatic carbocycles. The number of amides is 1. The van der Waals surface area contributed by atoms with Gasteiger partial charge in [0.25, 0.3) is 5.91 Å². The minimum Gasteiger partial charge on any atom is -0.467 e. The van der Waals surface area contributed by atoms with E-state index in [1.165, 1.54) is 36.0 Å². The second kappa shape index (κ2) is 11.6. The van der Waals surface area contributed by atoms with Crippen LogP contribution in [0.5, 0.6) is 0 Å². The molecule has 0 aliphatic carbocycles. The number of furan rings is 1. The van der Waals surface area contributed by atoms with Crippen LogP contribution in [-0.2, 0) is 26.1 Å². The first-order valence-electron chi connectivity index (χ1n) is 12.2. The molecule has 0 saturated carbocycles. The van der Waals surface area contributed by atoms with Crippen molar-refractivity contribution in [2.75, 3.05) is 0 Å². The van der Waals surface area contributed by atoms with Gasteiger partial charge in [0.05, 0.1) is 19.4 Å². The molecule has 4 heteroatoms. The van der Waals surface area contributed by atoms with Crippen molar-refractivity contribution in [3.8, 4) is 0 Å². The van der Waals surface area contributed by atoms with Crippen molar-refractivity contribution in [2.45, 2.75) is 59.2 Å². The fourth-order valence-electron chi connectivity index (χ4n) is 4.20. The Morgan fingerprint density at radius 2 is 1.65 bits per heavy atom. The second-order valence-corrected chi connectivity index (χ2v) is 9.01. The zero-order chi connectivity index (χ0) is 23.8. The molecule has 0 bridgehead atoms. The van der Waals surface area contributed by atoms with E-state index in [9.17, 15) is 4.79 Å². The molecule has 34 heavy (non-hydrogen) atoms. The topological polar surface area (TPSA) is 38.4 Å². The smallest absolute Gasteiger partial charge is 0.254 e. The Bertz CT molecular complexity index is 1160. The van der Waals surface area contributed by atoms with E-state index in [2.05, 4.69) is 67.1 Å². The number of hydrogen-bond donors (Lipinski definition) is 0. The van der Waals surface area contributed by atoms with Gasteiger partial charge in [-0.3, -0.25) is 4.79 Å². The monoisotopic (exact) mass is 454 g/mol. The van der Waals surface area contributed by atoms with Crippen molar-refractivity contribution in [3.05, 3.63) is 119 Å². The molecular weight excluding hydrogens is 420 g/mol. The maximum atomic E-state index is 13.6. The molecule has 0 radical (unpaired) electrons. The van der Waals surface area contributed by atoms with Crippen molar-refractivity contribution in [2.24, 2.45) is 0 Å². The Balaban J connectivity index is 1.51. The number of carbonyl (C=O) groups is 1. The van der Waals surface area contributed by atoms with Crippen LogP contribution in [0.3, 0.4) is 0 Å². The van der Waals surface area contributed by atoms with Crippen molar-refractivity contribution in [3.63, 3.8) is 0 Å². The van der Waals surface area contributed by atoms with Crippen molar-refractivity contribution < 1.29 is 9.21 Å². The molecule has 2 heterocycles. The lowest BCUT2D eigenvalue weighted by Crippen LogP contribution is -2.31. The highest BCUT2D eigenvalue weighted by Crippen LogP contribution is 2.18. The van der Waals surface area contributed by atoms with Crippen LogP contribution in [0, 0.1) is 6.92 Å². The third-order valence-electron chi connectivity index (χ3n) is 6.23. The van der Waals surface area contributed by atoms with Crippen LogP contribution in [-0.4, -0.2) is 15.4 Å². The summed E-state index contributed by atoms with van der Waals surface area (Å²) in [5, 5.41) is 0. The van der Waals surface area contributed by atoms with Crippen LogP contribution in [0.2, 0.25) is 0 Å². The fraction of sp³-hybridized carbons (Fsp3) is 0.300. The quantitative estimate of drug-likeness (QED) is 0.229. The predicted octanol–water partition coefficient (Wildman–Crippen LogP) is 7.01. The van der Waals surface area contributed by atoms with Gasteiger partial charge in [0.1, 0.15) is 5.76 Å². The predicted molar refractivity (Wildman–Crippen MR) is 137 cm³/mol. The molecule has 4 nitrogen and oxygen atoms in total. The number of hydrogen-bond acceptors (Lipinski definition) is 2. The first-order chi connectivity index (χ1) is 16.6. The average molecular weight is 455 g/mol. The summed E-state index contributed by atoms with van der Waals surface area (Å²) in [6.07, 6.45) is 8.43. The zero-order valence-corrected chi connectivity index (χ0v) is 20.2. The summed E-state index contributed by atoms with van der Waals surface area (Å²) in [5.41, 5.74) is 5.59. The van der Waals surface area contributed by atoms with E-state index in [4.69, 9.17) is 4.42 Å². The summed E-state index contributed by atoms with van der Waals surface area (Å²) in [6, 6.07) is 24.6. The third kappa shape index (κ3) is 6.28. The maximum Gasteiger partial charge on any atom is 0.254 e. The van der Waals surface area contributed by atoms with Gasteiger partial charge in [-0.05, 0) is 67.3 Å². The van der Waals surface area contributed by atoms with Gasteiger partial charge < -0.3 is 13.9 Å². The van der Waals surface area contributed by atoms with Gasteiger partial charge in [0.2, 0.25) is 0 Å². The molecule has 0 N–H and O–H groups in total. The molecule has 0 unspecified atom stereocenters. The SMILES string of the molecule is CCCCCc1ccc(C(=O)N(Cc2ccco2)Cc2cccn2Cc2ccc(C)cc2)cc1. The van der Waals surface area contributed by atoms with Gasteiger partial charge >= 0.3 is 0 Å². The van der Waals surface area contributed by atoms with Crippen LogP contribution < -0.4 is 0 Å². The molecular formula is C30H34N2O2. The first kappa shape index (κ1) is 23.6. The zero-order valence-electron chi connectivity index (χ0n) is 20.2. The average Bonchev–Trinajstić information content (AvgIpc) is 3.53. The van der Waals surface area contributed by atoms with E-state index in [1.807, 2.05) is 35.2 Å². The van der Waals surface area contributed by atoms with Gasteiger partial charge in [-0.2, -0.15) is 0 Å². The van der Waals surface area contributed by atoms with Gasteiger partial charge in [-0.15, -0.1) is 0 Å². The molecule has 176 valence electrons. The summed E-state index contributed by atoms with van der Waals surface area (Å²) in [7, 11) is 0. The Labute approximate surface area is 202 Å². The van der Waals surface area contributed by atoms with Crippen LogP contribution in [0.25, 0.3) is 0 Å². The summed E-state index contributed by atoms with van der Waals surface area (Å²) < 4.78 is 7.79. The number of carbonyl (C=O) groups excluding carboxylic acids is 1. The summed E-state index contributed by atoms with van der Waals surface area (Å²) in [5.74, 6) is 0.792. The molecule has 4 rings (SSSR count). The minimum atomic E-state index is 0.0135. The maximum absolute atomic E-state index is 13.6. The molecule has 4 aromatic rings. The Kier molecular flexibility index (Phi) is 8.03. The highest BCUT2D eigenvalue weighted by Gasteiger charge is 2.19. The van der Waals surface area contributed by atoms with Crippen molar-refractivity contribution in [1.82, 2.24) is 9.47 Å². The van der Waals surface area contributed by atoms with Crippen molar-refractivity contribution >= 4 is 5.91 Å². The van der Waals surface area contributed by atoms with Crippen molar-refractivity contribution in [1.29, 1.82) is 0 Å². The summed E-state index contributed by atoms with van der Waals surface area (Å²) >= 11 is 0. The molecule has 0 saturated heterocycles. The molecule has 2 aromatic heterocycles. The normalized spacial score (nSPS) is 11.0. The van der Waals surface area contributed by atoms with Gasteiger partial charge in [-0.1, -0.05) is 61.7 Å².